The molecule has 1 unspecified atom stereocenters. The molecule has 0 saturated heterocycles. The largest absolute Gasteiger partial charge is 0.459 e. The van der Waals surface area contributed by atoms with Crippen LogP contribution in [-0.4, -0.2) is 32.6 Å². The molecule has 178 valence electrons. The van der Waals surface area contributed by atoms with Crippen molar-refractivity contribution >= 4 is 21.0 Å². The van der Waals surface area contributed by atoms with Crippen molar-refractivity contribution in [2.24, 2.45) is 0 Å². The van der Waals surface area contributed by atoms with Gasteiger partial charge in [-0.05, 0) is 72.1 Å². The van der Waals surface area contributed by atoms with Crippen molar-refractivity contribution in [2.75, 3.05) is 26.5 Å². The molecule has 0 saturated carbocycles. The summed E-state index contributed by atoms with van der Waals surface area (Å²) in [5, 5.41) is 0. The van der Waals surface area contributed by atoms with Gasteiger partial charge in [0, 0.05) is 14.2 Å². The van der Waals surface area contributed by atoms with E-state index in [9.17, 15) is 9.13 Å². The Morgan fingerprint density at radius 1 is 1.16 bits per heavy atom. The quantitative estimate of drug-likeness (QED) is 0.205. The Kier molecular flexibility index (Phi) is 11.7. The Morgan fingerprint density at radius 2 is 1.81 bits per heavy atom. The van der Waals surface area contributed by atoms with Crippen molar-refractivity contribution in [3.8, 4) is 0 Å². The van der Waals surface area contributed by atoms with Crippen LogP contribution >= 0.6 is 15.0 Å². The van der Waals surface area contributed by atoms with Crippen molar-refractivity contribution in [1.82, 2.24) is 0 Å². The molecule has 0 aliphatic heterocycles. The van der Waals surface area contributed by atoms with Crippen LogP contribution in [0.3, 0.4) is 0 Å². The first-order chi connectivity index (χ1) is 14.4. The van der Waals surface area contributed by atoms with Crippen molar-refractivity contribution in [2.45, 2.75) is 67.1 Å². The second-order valence-corrected chi connectivity index (χ2v) is 13.3. The van der Waals surface area contributed by atoms with E-state index in [0.29, 0.717) is 5.76 Å². The molecule has 1 heterocycles. The summed E-state index contributed by atoms with van der Waals surface area (Å²) in [4.78, 5) is 0. The van der Waals surface area contributed by atoms with Crippen LogP contribution < -0.4 is 0 Å². The molecule has 0 amide bonds. The topological polar surface area (TPSA) is 84.2 Å². The Labute approximate surface area is 187 Å². The van der Waals surface area contributed by atoms with Gasteiger partial charge in [0.15, 0.2) is 0 Å². The van der Waals surface area contributed by atoms with E-state index in [1.807, 2.05) is 19.1 Å². The highest BCUT2D eigenvalue weighted by atomic mass is 31.2. The molecule has 7 nitrogen and oxygen atoms in total. The zero-order valence-corrected chi connectivity index (χ0v) is 21.9. The maximum atomic E-state index is 13.2. The van der Waals surface area contributed by atoms with Gasteiger partial charge in [-0.3, -0.25) is 9.13 Å². The lowest BCUT2D eigenvalue weighted by Gasteiger charge is -2.23. The Bertz CT molecular complexity index is 840. The molecule has 0 fully saturated rings. The minimum Gasteiger partial charge on any atom is -0.459 e. The van der Waals surface area contributed by atoms with Crippen LogP contribution in [0, 0.1) is 6.92 Å². The third-order valence-corrected chi connectivity index (χ3v) is 9.99. The summed E-state index contributed by atoms with van der Waals surface area (Å²) in [6.45, 7) is 11.8. The van der Waals surface area contributed by atoms with Crippen LogP contribution in [0.1, 0.15) is 64.5 Å². The van der Waals surface area contributed by atoms with E-state index in [1.165, 1.54) is 25.4 Å². The zero-order valence-electron chi connectivity index (χ0n) is 20.1. The van der Waals surface area contributed by atoms with Crippen molar-refractivity contribution in [3.05, 3.63) is 40.4 Å². The molecule has 0 bridgehead atoms. The predicted octanol–water partition coefficient (Wildman–Crippen LogP) is 7.36. The molecule has 1 atom stereocenters. The predicted molar refractivity (Wildman–Crippen MR) is 126 cm³/mol. The normalized spacial score (nSPS) is 14.7. The summed E-state index contributed by atoms with van der Waals surface area (Å²) in [6, 6.07) is 1.96. The van der Waals surface area contributed by atoms with Crippen LogP contribution in [-0.2, 0) is 34.0 Å². The minimum atomic E-state index is -3.51. The van der Waals surface area contributed by atoms with Crippen molar-refractivity contribution in [1.29, 1.82) is 0 Å². The summed E-state index contributed by atoms with van der Waals surface area (Å²) in [5.74, 6) is 1.07. The molecule has 0 aromatic carbocycles. The van der Waals surface area contributed by atoms with Crippen LogP contribution in [0.25, 0.3) is 6.08 Å². The van der Waals surface area contributed by atoms with E-state index in [4.69, 9.17) is 22.7 Å². The first kappa shape index (κ1) is 28.1. The summed E-state index contributed by atoms with van der Waals surface area (Å²) in [7, 11) is -4.41. The van der Waals surface area contributed by atoms with Gasteiger partial charge in [-0.25, -0.2) is 0 Å². The number of allylic oxidation sites excluding steroid dienone is 3. The second-order valence-electron chi connectivity index (χ2n) is 8.13. The smallest absolute Gasteiger partial charge is 0.339 e. The van der Waals surface area contributed by atoms with Crippen LogP contribution in [0.4, 0.5) is 0 Å². The number of hydrogen-bond acceptors (Lipinski definition) is 7. The molecule has 1 aromatic heterocycles. The van der Waals surface area contributed by atoms with E-state index >= 15 is 0 Å². The third-order valence-electron chi connectivity index (χ3n) is 4.39. The van der Waals surface area contributed by atoms with E-state index in [2.05, 4.69) is 26.8 Å². The lowest BCUT2D eigenvalue weighted by Crippen LogP contribution is -2.10. The lowest BCUT2D eigenvalue weighted by atomic mass is 10.1. The molecule has 1 aromatic rings. The van der Waals surface area contributed by atoms with E-state index in [1.54, 1.807) is 13.8 Å². The summed E-state index contributed by atoms with van der Waals surface area (Å²) >= 11 is 0. The van der Waals surface area contributed by atoms with Gasteiger partial charge in [0.25, 0.3) is 0 Å². The molecule has 0 radical (unpaired) electrons. The molecule has 0 aliphatic carbocycles. The third kappa shape index (κ3) is 10.5. The van der Waals surface area contributed by atoms with Gasteiger partial charge in [-0.1, -0.05) is 17.2 Å². The number of aryl methyl sites for hydroxylation is 1. The van der Waals surface area contributed by atoms with E-state index < -0.39 is 15.0 Å². The molecule has 9 heteroatoms. The fourth-order valence-corrected chi connectivity index (χ4v) is 7.86. The molecule has 1 rings (SSSR count). The molecule has 0 aliphatic rings. The average molecular weight is 476 g/mol. The number of hydrogen-bond donors (Lipinski definition) is 0. The highest BCUT2D eigenvalue weighted by Gasteiger charge is 2.37. The first-order valence-electron chi connectivity index (χ1n) is 10.4. The molecular weight excluding hydrogens is 438 g/mol. The molecule has 31 heavy (non-hydrogen) atoms. The van der Waals surface area contributed by atoms with Gasteiger partial charge >= 0.3 is 7.60 Å². The zero-order chi connectivity index (χ0) is 23.7. The highest BCUT2D eigenvalue weighted by molar-refractivity contribution is 7.73. The van der Waals surface area contributed by atoms with Crippen LogP contribution in [0.5, 0.6) is 0 Å². The number of rotatable bonds is 14. The summed E-state index contributed by atoms with van der Waals surface area (Å²) < 4.78 is 52.7. The number of furan rings is 1. The molecule has 0 N–H and O–H groups in total. The van der Waals surface area contributed by atoms with Gasteiger partial charge in [0.2, 0.25) is 7.37 Å². The maximum Gasteiger partial charge on any atom is 0.339 e. The first-order valence-corrected chi connectivity index (χ1v) is 14.1. The van der Waals surface area contributed by atoms with E-state index in [-0.39, 0.29) is 25.0 Å². The monoisotopic (exact) mass is 476 g/mol. The summed E-state index contributed by atoms with van der Waals surface area (Å²) in [5.41, 5.74) is 3.48. The van der Waals surface area contributed by atoms with Crippen molar-refractivity contribution in [3.63, 3.8) is 0 Å². The number of ether oxygens (including phenoxy) is 1. The van der Waals surface area contributed by atoms with E-state index in [0.717, 1.165) is 24.2 Å². The minimum absolute atomic E-state index is 0.131. The van der Waals surface area contributed by atoms with Crippen molar-refractivity contribution < 1.29 is 31.9 Å². The van der Waals surface area contributed by atoms with Gasteiger partial charge in [0.1, 0.15) is 30.4 Å². The molecular formula is C22H38O7P2. The standard InChI is InChI=1S/C22H38O7P2/c1-17(2)10-9-11-19(5)12-21-13-20(6)22(28-21)14-27-15-30(23,29-18(3)4)16-31(24,25-7)26-8/h10,12-13,18H,9,11,14-16H2,1-8H3/b19-12+. The molecule has 0 spiro atoms. The van der Waals surface area contributed by atoms with Gasteiger partial charge in [-0.2, -0.15) is 0 Å². The Balaban J connectivity index is 2.79. The fourth-order valence-electron chi connectivity index (χ4n) is 2.88. The highest BCUT2D eigenvalue weighted by Crippen LogP contribution is 2.63. The summed E-state index contributed by atoms with van der Waals surface area (Å²) in [6.07, 6.45) is 5.66. The van der Waals surface area contributed by atoms with Gasteiger partial charge in [-0.15, -0.1) is 0 Å². The van der Waals surface area contributed by atoms with Gasteiger partial charge < -0.3 is 22.7 Å². The van der Waals surface area contributed by atoms with Gasteiger partial charge in [0.05, 0.1) is 6.10 Å². The maximum absolute atomic E-state index is 13.2. The average Bonchev–Trinajstić information content (AvgIpc) is 2.99. The van der Waals surface area contributed by atoms with Crippen LogP contribution in [0.15, 0.2) is 27.7 Å². The SMILES string of the molecule is COP(=O)(CP(=O)(COCc1oc(/C=C(\C)CCC=C(C)C)cc1C)OC(C)C)OC. The lowest BCUT2D eigenvalue weighted by molar-refractivity contribution is 0.127. The Hall–Kier alpha value is -0.940. The Morgan fingerprint density at radius 3 is 2.35 bits per heavy atom. The van der Waals surface area contributed by atoms with Crippen LogP contribution in [0.2, 0.25) is 0 Å². The fraction of sp³-hybridized carbons (Fsp3) is 0.636. The second kappa shape index (κ2) is 12.9.